The minimum atomic E-state index is -0.312. The summed E-state index contributed by atoms with van der Waals surface area (Å²) < 4.78 is 4.97. The van der Waals surface area contributed by atoms with Gasteiger partial charge in [0.2, 0.25) is 5.91 Å². The van der Waals surface area contributed by atoms with Crippen LogP contribution in [-0.2, 0) is 9.53 Å². The molecule has 124 valence electrons. The molecular weight excluding hydrogens is 316 g/mol. The van der Waals surface area contributed by atoms with Crippen LogP contribution in [0.25, 0.3) is 6.08 Å². The summed E-state index contributed by atoms with van der Waals surface area (Å²) in [6, 6.07) is 7.34. The van der Waals surface area contributed by atoms with Crippen molar-refractivity contribution < 1.29 is 14.3 Å². The number of amides is 2. The summed E-state index contributed by atoms with van der Waals surface area (Å²) in [7, 11) is 0. The number of carbonyl (C=O) groups excluding carboxylic acids is 2. The fourth-order valence-corrected chi connectivity index (χ4v) is 2.55. The Labute approximate surface area is 141 Å². The summed E-state index contributed by atoms with van der Waals surface area (Å²) in [6.07, 6.45) is 1.53. The fourth-order valence-electron chi connectivity index (χ4n) is 2.43. The van der Waals surface area contributed by atoms with Crippen LogP contribution >= 0.6 is 11.6 Å². The first kappa shape index (κ1) is 17.3. The number of ether oxygens (including phenoxy) is 1. The van der Waals surface area contributed by atoms with Gasteiger partial charge in [-0.15, -0.1) is 0 Å². The number of hydrogen-bond acceptors (Lipinski definition) is 3. The van der Waals surface area contributed by atoms with E-state index in [-0.39, 0.29) is 12.0 Å². The zero-order chi connectivity index (χ0) is 16.8. The van der Waals surface area contributed by atoms with Crippen molar-refractivity contribution in [2.75, 3.05) is 32.8 Å². The molecule has 0 radical (unpaired) electrons. The van der Waals surface area contributed by atoms with Crippen molar-refractivity contribution in [1.82, 2.24) is 9.80 Å². The van der Waals surface area contributed by atoms with Gasteiger partial charge >= 0.3 is 6.09 Å². The molecule has 1 fully saturated rings. The average molecular weight is 337 g/mol. The maximum absolute atomic E-state index is 12.5. The molecule has 1 heterocycles. The molecule has 0 saturated carbocycles. The van der Waals surface area contributed by atoms with Crippen LogP contribution in [0.2, 0.25) is 5.02 Å². The lowest BCUT2D eigenvalue weighted by Crippen LogP contribution is -2.50. The summed E-state index contributed by atoms with van der Waals surface area (Å²) in [6.45, 7) is 5.97. The van der Waals surface area contributed by atoms with Crippen LogP contribution in [0.15, 0.2) is 29.8 Å². The molecule has 1 aliphatic heterocycles. The molecule has 0 aliphatic carbocycles. The van der Waals surface area contributed by atoms with Gasteiger partial charge in [0.25, 0.3) is 0 Å². The highest BCUT2D eigenvalue weighted by atomic mass is 35.5. The van der Waals surface area contributed by atoms with Crippen LogP contribution in [0.5, 0.6) is 0 Å². The monoisotopic (exact) mass is 336 g/mol. The molecule has 5 nitrogen and oxygen atoms in total. The highest BCUT2D eigenvalue weighted by molar-refractivity contribution is 6.30. The third-order valence-corrected chi connectivity index (χ3v) is 3.94. The average Bonchev–Trinajstić information content (AvgIpc) is 2.56. The number of carbonyl (C=O) groups is 2. The number of hydrogen-bond donors (Lipinski definition) is 0. The van der Waals surface area contributed by atoms with E-state index in [9.17, 15) is 9.59 Å². The molecule has 0 aromatic heterocycles. The van der Waals surface area contributed by atoms with Crippen LogP contribution < -0.4 is 0 Å². The lowest BCUT2D eigenvalue weighted by Gasteiger charge is -2.34. The second-order valence-electron chi connectivity index (χ2n) is 5.36. The van der Waals surface area contributed by atoms with Gasteiger partial charge in [-0.3, -0.25) is 4.79 Å². The molecule has 23 heavy (non-hydrogen) atoms. The van der Waals surface area contributed by atoms with Crippen LogP contribution in [0.3, 0.4) is 0 Å². The van der Waals surface area contributed by atoms with Crippen LogP contribution in [-0.4, -0.2) is 54.6 Å². The highest BCUT2D eigenvalue weighted by Crippen LogP contribution is 2.14. The van der Waals surface area contributed by atoms with Crippen molar-refractivity contribution >= 4 is 29.7 Å². The summed E-state index contributed by atoms with van der Waals surface area (Å²) in [5.41, 5.74) is 1.60. The molecule has 0 unspecified atom stereocenters. The highest BCUT2D eigenvalue weighted by Gasteiger charge is 2.25. The van der Waals surface area contributed by atoms with E-state index >= 15 is 0 Å². The predicted molar refractivity (Wildman–Crippen MR) is 90.3 cm³/mol. The molecule has 0 spiro atoms. The van der Waals surface area contributed by atoms with E-state index < -0.39 is 0 Å². The van der Waals surface area contributed by atoms with Crippen molar-refractivity contribution in [2.24, 2.45) is 0 Å². The molecule has 1 saturated heterocycles. The minimum Gasteiger partial charge on any atom is -0.450 e. The second kappa shape index (κ2) is 8.02. The summed E-state index contributed by atoms with van der Waals surface area (Å²) >= 11 is 5.86. The molecule has 2 rings (SSSR count). The first-order valence-electron chi connectivity index (χ1n) is 7.66. The van der Waals surface area contributed by atoms with Gasteiger partial charge in [-0.05, 0) is 37.6 Å². The van der Waals surface area contributed by atoms with Gasteiger partial charge in [0, 0.05) is 36.8 Å². The Kier molecular flexibility index (Phi) is 6.04. The molecule has 2 amide bonds. The van der Waals surface area contributed by atoms with Crippen molar-refractivity contribution in [3.05, 3.63) is 40.4 Å². The zero-order valence-electron chi connectivity index (χ0n) is 13.4. The van der Waals surface area contributed by atoms with Crippen LogP contribution in [0.4, 0.5) is 4.79 Å². The Morgan fingerprint density at radius 2 is 1.70 bits per heavy atom. The Morgan fingerprint density at radius 1 is 1.13 bits per heavy atom. The first-order valence-corrected chi connectivity index (χ1v) is 8.04. The fraction of sp³-hybridized carbons (Fsp3) is 0.412. The van der Waals surface area contributed by atoms with Gasteiger partial charge < -0.3 is 14.5 Å². The van der Waals surface area contributed by atoms with E-state index in [0.29, 0.717) is 43.4 Å². The third kappa shape index (κ3) is 4.73. The van der Waals surface area contributed by atoms with Gasteiger partial charge in [-0.25, -0.2) is 4.79 Å². The predicted octanol–water partition coefficient (Wildman–Crippen LogP) is 3.04. The van der Waals surface area contributed by atoms with E-state index in [4.69, 9.17) is 16.3 Å². The van der Waals surface area contributed by atoms with Gasteiger partial charge in [-0.2, -0.15) is 0 Å². The Balaban J connectivity index is 1.93. The normalized spacial score (nSPS) is 15.5. The van der Waals surface area contributed by atoms with E-state index in [0.717, 1.165) is 5.56 Å². The van der Waals surface area contributed by atoms with Gasteiger partial charge in [-0.1, -0.05) is 23.7 Å². The standard InChI is InChI=1S/C17H21ClN2O3/c1-3-23-17(22)20-10-8-19(9-11-20)16(21)13(2)12-14-4-6-15(18)7-5-14/h4-7,12H,3,8-11H2,1-2H3/b13-12+. The number of halogens is 1. The maximum Gasteiger partial charge on any atom is 0.409 e. The Morgan fingerprint density at radius 3 is 2.26 bits per heavy atom. The van der Waals surface area contributed by atoms with Crippen molar-refractivity contribution in [3.63, 3.8) is 0 Å². The quantitative estimate of drug-likeness (QED) is 0.797. The van der Waals surface area contributed by atoms with Gasteiger partial charge in [0.15, 0.2) is 0 Å². The molecule has 6 heteroatoms. The van der Waals surface area contributed by atoms with Crippen molar-refractivity contribution in [3.8, 4) is 0 Å². The number of rotatable bonds is 3. The van der Waals surface area contributed by atoms with Crippen LogP contribution in [0.1, 0.15) is 19.4 Å². The maximum atomic E-state index is 12.5. The van der Waals surface area contributed by atoms with Gasteiger partial charge in [0.05, 0.1) is 6.61 Å². The molecule has 1 aliphatic rings. The Hall–Kier alpha value is -2.01. The molecular formula is C17H21ClN2O3. The molecule has 1 aromatic carbocycles. The summed E-state index contributed by atoms with van der Waals surface area (Å²) in [5.74, 6) is -0.0107. The molecule has 0 bridgehead atoms. The van der Waals surface area contributed by atoms with Gasteiger partial charge in [0.1, 0.15) is 0 Å². The number of nitrogens with zero attached hydrogens (tertiary/aromatic N) is 2. The van der Waals surface area contributed by atoms with Crippen LogP contribution in [0, 0.1) is 0 Å². The first-order chi connectivity index (χ1) is 11.0. The van der Waals surface area contributed by atoms with E-state index in [2.05, 4.69) is 0 Å². The molecule has 0 N–H and O–H groups in total. The largest absolute Gasteiger partial charge is 0.450 e. The number of benzene rings is 1. The van der Waals surface area contributed by atoms with E-state index in [1.807, 2.05) is 18.2 Å². The summed E-state index contributed by atoms with van der Waals surface area (Å²) in [5, 5.41) is 0.668. The smallest absolute Gasteiger partial charge is 0.409 e. The minimum absolute atomic E-state index is 0.0107. The van der Waals surface area contributed by atoms with Crippen molar-refractivity contribution in [1.29, 1.82) is 0 Å². The van der Waals surface area contributed by atoms with E-state index in [1.54, 1.807) is 35.8 Å². The molecule has 0 atom stereocenters. The third-order valence-electron chi connectivity index (χ3n) is 3.68. The topological polar surface area (TPSA) is 49.9 Å². The SMILES string of the molecule is CCOC(=O)N1CCN(C(=O)/C(C)=C/c2ccc(Cl)cc2)CC1. The lowest BCUT2D eigenvalue weighted by molar-refractivity contribution is -0.128. The number of piperazine rings is 1. The summed E-state index contributed by atoms with van der Waals surface area (Å²) in [4.78, 5) is 27.5. The Bertz CT molecular complexity index is 590. The zero-order valence-corrected chi connectivity index (χ0v) is 14.2. The van der Waals surface area contributed by atoms with Crippen molar-refractivity contribution in [2.45, 2.75) is 13.8 Å². The molecule has 1 aromatic rings. The lowest BCUT2D eigenvalue weighted by atomic mass is 10.1. The van der Waals surface area contributed by atoms with E-state index in [1.165, 1.54) is 0 Å². The second-order valence-corrected chi connectivity index (χ2v) is 5.79.